The Morgan fingerprint density at radius 1 is 1.58 bits per heavy atom. The van der Waals surface area contributed by atoms with E-state index in [1.165, 1.54) is 19.2 Å². The second-order valence-corrected chi connectivity index (χ2v) is 3.63. The van der Waals surface area contributed by atoms with Crippen molar-refractivity contribution in [1.82, 2.24) is 0 Å². The lowest BCUT2D eigenvalue weighted by Crippen LogP contribution is -2.13. The van der Waals surface area contributed by atoms with E-state index >= 15 is 0 Å². The summed E-state index contributed by atoms with van der Waals surface area (Å²) < 4.78 is 10.2. The van der Waals surface area contributed by atoms with Gasteiger partial charge in [0.15, 0.2) is 5.75 Å². The molecule has 0 saturated carbocycles. The number of nitro groups is 1. The van der Waals surface area contributed by atoms with E-state index in [0.29, 0.717) is 18.6 Å². The second-order valence-electron chi connectivity index (χ2n) is 3.63. The third kappa shape index (κ3) is 4.34. The first-order chi connectivity index (χ1) is 9.08. The number of methoxy groups -OCH3 is 1. The molecule has 0 aliphatic carbocycles. The van der Waals surface area contributed by atoms with Gasteiger partial charge in [0.05, 0.1) is 24.7 Å². The molecule has 0 atom stereocenters. The Morgan fingerprint density at radius 3 is 2.89 bits per heavy atom. The fraction of sp³-hybridized carbons (Fsp3) is 0.364. The molecule has 3 N–H and O–H groups in total. The van der Waals surface area contributed by atoms with E-state index in [-0.39, 0.29) is 23.9 Å². The van der Waals surface area contributed by atoms with Gasteiger partial charge in [0.2, 0.25) is 0 Å². The first-order valence-electron chi connectivity index (χ1n) is 5.50. The van der Waals surface area contributed by atoms with Crippen LogP contribution in [-0.4, -0.2) is 29.7 Å². The average Bonchev–Trinajstić information content (AvgIpc) is 2.43. The number of nitrogens with two attached hydrogens (primary N) is 1. The normalized spacial score (nSPS) is 11.1. The second kappa shape index (κ2) is 7.04. The van der Waals surface area contributed by atoms with Crippen molar-refractivity contribution in [3.63, 3.8) is 0 Å². The Morgan fingerprint density at radius 2 is 2.32 bits per heavy atom. The number of oxime groups is 1. The van der Waals surface area contributed by atoms with E-state index in [1.54, 1.807) is 6.07 Å². The minimum Gasteiger partial charge on any atom is -0.496 e. The van der Waals surface area contributed by atoms with Crippen molar-refractivity contribution in [2.75, 3.05) is 13.7 Å². The van der Waals surface area contributed by atoms with Crippen molar-refractivity contribution < 1.29 is 19.6 Å². The maximum atomic E-state index is 10.9. The molecule has 0 amide bonds. The summed E-state index contributed by atoms with van der Waals surface area (Å²) in [5, 5.41) is 22.0. The highest BCUT2D eigenvalue weighted by Crippen LogP contribution is 2.31. The number of amidine groups is 1. The highest BCUT2D eigenvalue weighted by Gasteiger charge is 2.16. The highest BCUT2D eigenvalue weighted by atomic mass is 16.6. The Labute approximate surface area is 109 Å². The van der Waals surface area contributed by atoms with E-state index in [1.807, 2.05) is 0 Å². The van der Waals surface area contributed by atoms with Crippen LogP contribution >= 0.6 is 0 Å². The Hall–Kier alpha value is -2.51. The van der Waals surface area contributed by atoms with Crippen molar-refractivity contribution in [2.45, 2.75) is 12.8 Å². The SMILES string of the molecule is COc1ccc(OCCC/C(N)=N/O)c([N+](=O)[O-])c1. The molecule has 8 heteroatoms. The van der Waals surface area contributed by atoms with Crippen molar-refractivity contribution in [2.24, 2.45) is 10.9 Å². The van der Waals surface area contributed by atoms with Gasteiger partial charge in [0.1, 0.15) is 11.6 Å². The minimum atomic E-state index is -0.540. The molecule has 19 heavy (non-hydrogen) atoms. The van der Waals surface area contributed by atoms with Crippen molar-refractivity contribution in [3.05, 3.63) is 28.3 Å². The van der Waals surface area contributed by atoms with Crippen LogP contribution in [-0.2, 0) is 0 Å². The average molecular weight is 269 g/mol. The number of rotatable bonds is 7. The van der Waals surface area contributed by atoms with E-state index < -0.39 is 4.92 Å². The highest BCUT2D eigenvalue weighted by molar-refractivity contribution is 5.79. The molecule has 1 aromatic rings. The van der Waals surface area contributed by atoms with Gasteiger partial charge in [-0.2, -0.15) is 0 Å². The van der Waals surface area contributed by atoms with Gasteiger partial charge in [0.25, 0.3) is 0 Å². The maximum absolute atomic E-state index is 10.9. The number of ether oxygens (including phenoxy) is 2. The summed E-state index contributed by atoms with van der Waals surface area (Å²) in [6.07, 6.45) is 0.833. The summed E-state index contributed by atoms with van der Waals surface area (Å²) in [7, 11) is 1.43. The van der Waals surface area contributed by atoms with Crippen LogP contribution in [0.5, 0.6) is 11.5 Å². The van der Waals surface area contributed by atoms with Gasteiger partial charge in [-0.25, -0.2) is 0 Å². The monoisotopic (exact) mass is 269 g/mol. The summed E-state index contributed by atoms with van der Waals surface area (Å²) in [6, 6.07) is 4.34. The number of nitrogens with zero attached hydrogens (tertiary/aromatic N) is 2. The van der Waals surface area contributed by atoms with E-state index in [4.69, 9.17) is 20.4 Å². The first-order valence-corrected chi connectivity index (χ1v) is 5.50. The zero-order chi connectivity index (χ0) is 14.3. The van der Waals surface area contributed by atoms with Crippen LogP contribution in [0.15, 0.2) is 23.4 Å². The lowest BCUT2D eigenvalue weighted by Gasteiger charge is -2.07. The number of benzene rings is 1. The lowest BCUT2D eigenvalue weighted by atomic mass is 10.2. The van der Waals surface area contributed by atoms with Crippen LogP contribution in [0.25, 0.3) is 0 Å². The Kier molecular flexibility index (Phi) is 5.39. The molecule has 104 valence electrons. The molecule has 8 nitrogen and oxygen atoms in total. The van der Waals surface area contributed by atoms with E-state index in [2.05, 4.69) is 5.16 Å². The van der Waals surface area contributed by atoms with Crippen LogP contribution in [0.2, 0.25) is 0 Å². The summed E-state index contributed by atoms with van der Waals surface area (Å²) in [4.78, 5) is 10.3. The van der Waals surface area contributed by atoms with Crippen LogP contribution in [0.1, 0.15) is 12.8 Å². The van der Waals surface area contributed by atoms with Crippen molar-refractivity contribution >= 4 is 11.5 Å². The molecule has 0 bridgehead atoms. The van der Waals surface area contributed by atoms with Crippen LogP contribution in [0.4, 0.5) is 5.69 Å². The van der Waals surface area contributed by atoms with Gasteiger partial charge < -0.3 is 20.4 Å². The number of hydrogen-bond acceptors (Lipinski definition) is 6. The standard InChI is InChI=1S/C11H15N3O5/c1-18-8-4-5-10(9(7-8)14(16)17)19-6-2-3-11(12)13-15/h4-5,7,15H,2-3,6H2,1H3,(H2,12,13). The molecule has 0 aliphatic heterocycles. The van der Waals surface area contributed by atoms with Gasteiger partial charge in [-0.1, -0.05) is 5.16 Å². The van der Waals surface area contributed by atoms with E-state index in [9.17, 15) is 10.1 Å². The third-order valence-electron chi connectivity index (χ3n) is 2.33. The molecule has 1 aromatic carbocycles. The molecule has 0 unspecified atom stereocenters. The van der Waals surface area contributed by atoms with Gasteiger partial charge in [0, 0.05) is 6.42 Å². The van der Waals surface area contributed by atoms with Crippen LogP contribution < -0.4 is 15.2 Å². The number of hydrogen-bond donors (Lipinski definition) is 2. The van der Waals surface area contributed by atoms with Gasteiger partial charge in [-0.15, -0.1) is 0 Å². The number of nitro benzene ring substituents is 1. The zero-order valence-electron chi connectivity index (χ0n) is 10.4. The quantitative estimate of drug-likeness (QED) is 0.193. The smallest absolute Gasteiger partial charge is 0.314 e. The topological polar surface area (TPSA) is 120 Å². The van der Waals surface area contributed by atoms with Crippen LogP contribution in [0.3, 0.4) is 0 Å². The Balaban J connectivity index is 2.65. The molecule has 0 heterocycles. The molecule has 0 fully saturated rings. The molecule has 0 radical (unpaired) electrons. The maximum Gasteiger partial charge on any atom is 0.314 e. The molecule has 0 saturated heterocycles. The van der Waals surface area contributed by atoms with Crippen LogP contribution in [0, 0.1) is 10.1 Å². The Bertz CT molecular complexity index is 475. The van der Waals surface area contributed by atoms with Crippen molar-refractivity contribution in [3.8, 4) is 11.5 Å². The summed E-state index contributed by atoms with van der Waals surface area (Å²) in [5.74, 6) is 0.633. The fourth-order valence-corrected chi connectivity index (χ4v) is 1.37. The summed E-state index contributed by atoms with van der Waals surface area (Å²) in [5.41, 5.74) is 5.12. The summed E-state index contributed by atoms with van der Waals surface area (Å²) >= 11 is 0. The molecular formula is C11H15N3O5. The fourth-order valence-electron chi connectivity index (χ4n) is 1.37. The predicted octanol–water partition coefficient (Wildman–Crippen LogP) is 1.51. The molecular weight excluding hydrogens is 254 g/mol. The zero-order valence-corrected chi connectivity index (χ0v) is 10.4. The van der Waals surface area contributed by atoms with Gasteiger partial charge in [-0.05, 0) is 18.6 Å². The molecule has 0 aromatic heterocycles. The molecule has 1 rings (SSSR count). The lowest BCUT2D eigenvalue weighted by molar-refractivity contribution is -0.385. The largest absolute Gasteiger partial charge is 0.496 e. The predicted molar refractivity (Wildman–Crippen MR) is 67.8 cm³/mol. The minimum absolute atomic E-state index is 0.0906. The van der Waals surface area contributed by atoms with Crippen molar-refractivity contribution in [1.29, 1.82) is 0 Å². The third-order valence-corrected chi connectivity index (χ3v) is 2.33. The summed E-state index contributed by atoms with van der Waals surface area (Å²) in [6.45, 7) is 0.226. The van der Waals surface area contributed by atoms with Gasteiger partial charge in [-0.3, -0.25) is 10.1 Å². The van der Waals surface area contributed by atoms with E-state index in [0.717, 1.165) is 0 Å². The van der Waals surface area contributed by atoms with Gasteiger partial charge >= 0.3 is 5.69 Å². The first kappa shape index (κ1) is 14.6. The molecule has 0 aliphatic rings. The molecule has 0 spiro atoms.